The fourth-order valence-electron chi connectivity index (χ4n) is 2.25. The molecule has 2 N–H and O–H groups in total. The molecule has 0 aliphatic carbocycles. The van der Waals surface area contributed by atoms with Crippen LogP contribution in [0.25, 0.3) is 0 Å². The lowest BCUT2D eigenvalue weighted by atomic mass is 10.1. The summed E-state index contributed by atoms with van der Waals surface area (Å²) in [5.41, 5.74) is 0.619. The Labute approximate surface area is 112 Å². The molecule has 1 heterocycles. The van der Waals surface area contributed by atoms with E-state index in [0.717, 1.165) is 6.54 Å². The molecule has 18 heavy (non-hydrogen) atoms. The second-order valence-electron chi connectivity index (χ2n) is 4.82. The van der Waals surface area contributed by atoms with Crippen molar-refractivity contribution in [2.45, 2.75) is 37.5 Å². The molecule has 100 valence electrons. The minimum Gasteiger partial charge on any atom is -0.508 e. The number of hydrogen-bond donors (Lipinski definition) is 2. The quantitative estimate of drug-likeness (QED) is 0.878. The zero-order chi connectivity index (χ0) is 13.0. The predicted octanol–water partition coefficient (Wildman–Crippen LogP) is 3.47. The fraction of sp³-hybridized carbons (Fsp3) is 0.571. The largest absolute Gasteiger partial charge is 0.508 e. The van der Waals surface area contributed by atoms with E-state index in [4.69, 9.17) is 0 Å². The Morgan fingerprint density at radius 3 is 3.00 bits per heavy atom. The number of thioether (sulfide) groups is 1. The minimum atomic E-state index is -0.341. The van der Waals surface area contributed by atoms with Crippen molar-refractivity contribution in [3.05, 3.63) is 29.6 Å². The van der Waals surface area contributed by atoms with Gasteiger partial charge in [0.25, 0.3) is 0 Å². The Kier molecular flexibility index (Phi) is 4.89. The van der Waals surface area contributed by atoms with Crippen molar-refractivity contribution in [3.63, 3.8) is 0 Å². The standard InChI is InChI=1S/C14H20FNOS/c1-10(13-6-5-11(17)8-14(13)15)16-9-12-4-2-3-7-18-12/h5-6,8,10,12,16-17H,2-4,7,9H2,1H3. The molecule has 0 saturated carbocycles. The molecular weight excluding hydrogens is 249 g/mol. The van der Waals surface area contributed by atoms with Gasteiger partial charge in [0.2, 0.25) is 0 Å². The van der Waals surface area contributed by atoms with Crippen molar-refractivity contribution in [1.82, 2.24) is 5.32 Å². The summed E-state index contributed by atoms with van der Waals surface area (Å²) in [4.78, 5) is 0. The third-order valence-corrected chi connectivity index (χ3v) is 4.77. The van der Waals surface area contributed by atoms with Gasteiger partial charge in [-0.15, -0.1) is 0 Å². The monoisotopic (exact) mass is 269 g/mol. The first-order valence-corrected chi connectivity index (χ1v) is 7.55. The van der Waals surface area contributed by atoms with Gasteiger partial charge in [-0.05, 0) is 31.6 Å². The van der Waals surface area contributed by atoms with Gasteiger partial charge in [0.05, 0.1) is 0 Å². The SMILES string of the molecule is CC(NCC1CCCCS1)c1ccc(O)cc1F. The molecular formula is C14H20FNOS. The lowest BCUT2D eigenvalue weighted by Gasteiger charge is -2.24. The molecule has 2 nitrogen and oxygen atoms in total. The molecule has 0 spiro atoms. The van der Waals surface area contributed by atoms with Crippen molar-refractivity contribution >= 4 is 11.8 Å². The number of phenols is 1. The second kappa shape index (κ2) is 6.43. The zero-order valence-electron chi connectivity index (χ0n) is 10.7. The van der Waals surface area contributed by atoms with Crippen LogP contribution in [0.1, 0.15) is 37.8 Å². The van der Waals surface area contributed by atoms with E-state index in [0.29, 0.717) is 10.8 Å². The number of halogens is 1. The summed E-state index contributed by atoms with van der Waals surface area (Å²) in [6.07, 6.45) is 3.88. The molecule has 1 aromatic carbocycles. The van der Waals surface area contributed by atoms with Crippen molar-refractivity contribution in [2.75, 3.05) is 12.3 Å². The maximum Gasteiger partial charge on any atom is 0.131 e. The Bertz CT molecular complexity index is 393. The molecule has 0 radical (unpaired) electrons. The van der Waals surface area contributed by atoms with Crippen LogP contribution >= 0.6 is 11.8 Å². The van der Waals surface area contributed by atoms with Crippen LogP contribution in [-0.2, 0) is 0 Å². The molecule has 1 fully saturated rings. The Morgan fingerprint density at radius 1 is 1.50 bits per heavy atom. The number of rotatable bonds is 4. The highest BCUT2D eigenvalue weighted by Gasteiger charge is 2.16. The van der Waals surface area contributed by atoms with Crippen molar-refractivity contribution < 1.29 is 9.50 Å². The normalized spacial score (nSPS) is 21.8. The van der Waals surface area contributed by atoms with Gasteiger partial charge in [0.15, 0.2) is 0 Å². The van der Waals surface area contributed by atoms with Crippen LogP contribution in [0.5, 0.6) is 5.75 Å². The molecule has 0 amide bonds. The summed E-state index contributed by atoms with van der Waals surface area (Å²) in [7, 11) is 0. The van der Waals surface area contributed by atoms with E-state index < -0.39 is 0 Å². The van der Waals surface area contributed by atoms with Gasteiger partial charge >= 0.3 is 0 Å². The highest BCUT2D eigenvalue weighted by atomic mass is 32.2. The topological polar surface area (TPSA) is 32.3 Å². The summed E-state index contributed by atoms with van der Waals surface area (Å²) in [6.45, 7) is 2.88. The number of benzene rings is 1. The van der Waals surface area contributed by atoms with Gasteiger partial charge < -0.3 is 10.4 Å². The summed E-state index contributed by atoms with van der Waals surface area (Å²) in [6, 6.07) is 4.33. The lowest BCUT2D eigenvalue weighted by Crippen LogP contribution is -2.29. The van der Waals surface area contributed by atoms with E-state index in [9.17, 15) is 9.50 Å². The molecule has 1 aromatic rings. The van der Waals surface area contributed by atoms with Gasteiger partial charge in [0, 0.05) is 29.5 Å². The average Bonchev–Trinajstić information content (AvgIpc) is 2.37. The molecule has 2 rings (SSSR count). The van der Waals surface area contributed by atoms with Crippen LogP contribution in [0.2, 0.25) is 0 Å². The van der Waals surface area contributed by atoms with E-state index >= 15 is 0 Å². The van der Waals surface area contributed by atoms with Gasteiger partial charge in [-0.2, -0.15) is 11.8 Å². The molecule has 0 aromatic heterocycles. The lowest BCUT2D eigenvalue weighted by molar-refractivity contribution is 0.463. The first kappa shape index (κ1) is 13.7. The smallest absolute Gasteiger partial charge is 0.131 e. The summed E-state index contributed by atoms with van der Waals surface area (Å²) in [5, 5.41) is 13.2. The highest BCUT2D eigenvalue weighted by molar-refractivity contribution is 7.99. The molecule has 1 saturated heterocycles. The minimum absolute atomic E-state index is 0.0203. The first-order chi connectivity index (χ1) is 8.66. The van der Waals surface area contributed by atoms with E-state index in [1.807, 2.05) is 18.7 Å². The average molecular weight is 269 g/mol. The highest BCUT2D eigenvalue weighted by Crippen LogP contribution is 2.26. The number of hydrogen-bond acceptors (Lipinski definition) is 3. The Hall–Kier alpha value is -0.740. The van der Waals surface area contributed by atoms with Gasteiger partial charge in [-0.25, -0.2) is 4.39 Å². The van der Waals surface area contributed by atoms with Crippen LogP contribution < -0.4 is 5.32 Å². The molecule has 1 aliphatic rings. The molecule has 2 atom stereocenters. The van der Waals surface area contributed by atoms with Gasteiger partial charge in [-0.1, -0.05) is 12.5 Å². The first-order valence-electron chi connectivity index (χ1n) is 6.50. The Morgan fingerprint density at radius 2 is 2.33 bits per heavy atom. The van der Waals surface area contributed by atoms with Crippen molar-refractivity contribution in [3.8, 4) is 5.75 Å². The summed E-state index contributed by atoms with van der Waals surface area (Å²) in [5.74, 6) is 0.881. The van der Waals surface area contributed by atoms with Gasteiger partial charge in [0.1, 0.15) is 11.6 Å². The molecule has 0 bridgehead atoms. The second-order valence-corrected chi connectivity index (χ2v) is 6.23. The van der Waals surface area contributed by atoms with Crippen LogP contribution in [-0.4, -0.2) is 22.7 Å². The van der Waals surface area contributed by atoms with E-state index in [-0.39, 0.29) is 17.6 Å². The van der Waals surface area contributed by atoms with E-state index in [1.54, 1.807) is 6.07 Å². The third-order valence-electron chi connectivity index (χ3n) is 3.38. The summed E-state index contributed by atoms with van der Waals surface area (Å²) < 4.78 is 13.7. The van der Waals surface area contributed by atoms with Crippen LogP contribution in [0.4, 0.5) is 4.39 Å². The number of nitrogens with one attached hydrogen (secondary N) is 1. The van der Waals surface area contributed by atoms with Crippen molar-refractivity contribution in [1.29, 1.82) is 0 Å². The molecule has 4 heteroatoms. The molecule has 1 aliphatic heterocycles. The maximum atomic E-state index is 13.7. The zero-order valence-corrected chi connectivity index (χ0v) is 11.5. The molecule has 2 unspecified atom stereocenters. The van der Waals surface area contributed by atoms with Crippen LogP contribution in [0, 0.1) is 5.82 Å². The van der Waals surface area contributed by atoms with Crippen molar-refractivity contribution in [2.24, 2.45) is 0 Å². The predicted molar refractivity (Wildman–Crippen MR) is 74.6 cm³/mol. The van der Waals surface area contributed by atoms with Crippen LogP contribution in [0.15, 0.2) is 18.2 Å². The number of aromatic hydroxyl groups is 1. The maximum absolute atomic E-state index is 13.7. The van der Waals surface area contributed by atoms with E-state index in [1.165, 1.54) is 37.1 Å². The third kappa shape index (κ3) is 3.62. The van der Waals surface area contributed by atoms with E-state index in [2.05, 4.69) is 5.32 Å². The van der Waals surface area contributed by atoms with Crippen LogP contribution in [0.3, 0.4) is 0 Å². The fourth-order valence-corrected chi connectivity index (χ4v) is 3.51. The summed E-state index contributed by atoms with van der Waals surface area (Å²) >= 11 is 2.01. The number of phenolic OH excluding ortho intramolecular Hbond substituents is 1. The van der Waals surface area contributed by atoms with Gasteiger partial charge in [-0.3, -0.25) is 0 Å². The Balaban J connectivity index is 1.88.